The Labute approximate surface area is 161 Å². The van der Waals surface area contributed by atoms with Gasteiger partial charge < -0.3 is 0 Å². The monoisotopic (exact) mass is 410 g/mol. The number of nitrogens with two attached hydrogens (primary N) is 1. The molecule has 0 amide bonds. The average Bonchev–Trinajstić information content (AvgIpc) is 2.45. The van der Waals surface area contributed by atoms with E-state index in [4.69, 9.17) is 5.14 Å². The van der Waals surface area contributed by atoms with E-state index in [2.05, 4.69) is 25.5 Å². The summed E-state index contributed by atoms with van der Waals surface area (Å²) < 4.78 is 50.6. The number of primary sulfonamides is 1. The van der Waals surface area contributed by atoms with Gasteiger partial charge in [-0.05, 0) is 53.6 Å². The zero-order valence-corrected chi connectivity index (χ0v) is 17.8. The normalized spacial score (nSPS) is 12.8. The lowest BCUT2D eigenvalue weighted by Crippen LogP contribution is -2.18. The minimum absolute atomic E-state index is 0.0790. The van der Waals surface area contributed by atoms with Crippen LogP contribution in [0.5, 0.6) is 0 Å². The molecule has 27 heavy (non-hydrogen) atoms. The van der Waals surface area contributed by atoms with Crippen LogP contribution in [0, 0.1) is 13.8 Å². The maximum absolute atomic E-state index is 12.9. The summed E-state index contributed by atoms with van der Waals surface area (Å²) in [7, 11) is -7.41. The van der Waals surface area contributed by atoms with E-state index in [0.717, 1.165) is 5.56 Å². The van der Waals surface area contributed by atoms with Gasteiger partial charge in [0.2, 0.25) is 10.0 Å². The van der Waals surface area contributed by atoms with E-state index in [1.54, 1.807) is 13.8 Å². The molecule has 3 N–H and O–H groups in total. The molecule has 8 heteroatoms. The Morgan fingerprint density at radius 2 is 1.41 bits per heavy atom. The lowest BCUT2D eigenvalue weighted by atomic mass is 9.85. The fourth-order valence-corrected chi connectivity index (χ4v) is 5.09. The van der Waals surface area contributed by atoms with Crippen LogP contribution >= 0.6 is 0 Å². The van der Waals surface area contributed by atoms with E-state index in [0.29, 0.717) is 22.4 Å². The number of rotatable bonds is 5. The van der Waals surface area contributed by atoms with Gasteiger partial charge in [0.15, 0.2) is 0 Å². The molecular weight excluding hydrogens is 384 g/mol. The van der Waals surface area contributed by atoms with Gasteiger partial charge in [-0.2, -0.15) is 0 Å². The Kier molecular flexibility index (Phi) is 5.75. The van der Waals surface area contributed by atoms with Gasteiger partial charge in [0.1, 0.15) is 0 Å². The first kappa shape index (κ1) is 21.4. The highest BCUT2D eigenvalue weighted by Gasteiger charge is 2.23. The molecule has 0 atom stereocenters. The minimum Gasteiger partial charge on any atom is -0.280 e. The maximum Gasteiger partial charge on any atom is 0.262 e. The molecule has 0 heterocycles. The lowest BCUT2D eigenvalue weighted by molar-refractivity contribution is 0.585. The van der Waals surface area contributed by atoms with Crippen molar-refractivity contribution in [3.8, 4) is 0 Å². The highest BCUT2D eigenvalue weighted by Crippen LogP contribution is 2.30. The van der Waals surface area contributed by atoms with Gasteiger partial charge in [-0.1, -0.05) is 45.0 Å². The van der Waals surface area contributed by atoms with Crippen molar-refractivity contribution in [1.82, 2.24) is 0 Å². The standard InChI is InChI=1S/C19H26N2O4S2/c1-13-10-16(19(3,4)5)11-14(2)18(13)27(24,25)21-17-8-6-15(7-9-17)12-26(20,22)23/h6-11,21H,12H2,1-5H3,(H2,20,22,23). The number of aryl methyl sites for hydroxylation is 2. The predicted octanol–water partition coefficient (Wildman–Crippen LogP) is 3.19. The van der Waals surface area contributed by atoms with Gasteiger partial charge in [0, 0.05) is 5.69 Å². The van der Waals surface area contributed by atoms with Gasteiger partial charge in [-0.25, -0.2) is 22.0 Å². The van der Waals surface area contributed by atoms with Crippen LogP contribution in [0.15, 0.2) is 41.3 Å². The van der Waals surface area contributed by atoms with Gasteiger partial charge in [0.25, 0.3) is 10.0 Å². The SMILES string of the molecule is Cc1cc(C(C)(C)C)cc(C)c1S(=O)(=O)Nc1ccc(CS(N)(=O)=O)cc1. The molecule has 0 unspecified atom stereocenters. The molecule has 2 aromatic rings. The maximum atomic E-state index is 12.9. The summed E-state index contributed by atoms with van der Waals surface area (Å²) in [6.07, 6.45) is 0. The van der Waals surface area contributed by atoms with Gasteiger partial charge in [-0.15, -0.1) is 0 Å². The molecule has 0 saturated carbocycles. The van der Waals surface area contributed by atoms with Crippen LogP contribution in [0.1, 0.15) is 43.0 Å². The molecule has 2 rings (SSSR count). The second-order valence-electron chi connectivity index (χ2n) is 7.80. The molecule has 0 saturated heterocycles. The summed E-state index contributed by atoms with van der Waals surface area (Å²) in [6.45, 7) is 9.81. The summed E-state index contributed by atoms with van der Waals surface area (Å²) in [5.74, 6) is -0.299. The molecule has 6 nitrogen and oxygen atoms in total. The van der Waals surface area contributed by atoms with Crippen LogP contribution in [0.2, 0.25) is 0 Å². The number of nitrogens with one attached hydrogen (secondary N) is 1. The third kappa shape index (κ3) is 5.54. The number of hydrogen-bond donors (Lipinski definition) is 2. The van der Waals surface area contributed by atoms with Crippen LogP contribution < -0.4 is 9.86 Å². The number of hydrogen-bond acceptors (Lipinski definition) is 4. The zero-order valence-electron chi connectivity index (χ0n) is 16.2. The Morgan fingerprint density at radius 3 is 1.81 bits per heavy atom. The van der Waals surface area contributed by atoms with E-state index in [-0.39, 0.29) is 16.1 Å². The molecular formula is C19H26N2O4S2. The molecule has 0 fully saturated rings. The summed E-state index contributed by atoms with van der Waals surface area (Å²) in [6, 6.07) is 9.90. The Balaban J connectivity index is 2.34. The summed E-state index contributed by atoms with van der Waals surface area (Å²) >= 11 is 0. The topological polar surface area (TPSA) is 106 Å². The summed E-state index contributed by atoms with van der Waals surface area (Å²) in [5, 5.41) is 5.02. The van der Waals surface area contributed by atoms with E-state index >= 15 is 0 Å². The summed E-state index contributed by atoms with van der Waals surface area (Å²) in [5.41, 5.74) is 3.19. The number of benzene rings is 2. The van der Waals surface area contributed by atoms with Gasteiger partial charge in [-0.3, -0.25) is 4.72 Å². The molecule has 0 aliphatic rings. The van der Waals surface area contributed by atoms with Crippen LogP contribution in [0.25, 0.3) is 0 Å². The van der Waals surface area contributed by atoms with E-state index in [1.807, 2.05) is 12.1 Å². The van der Waals surface area contributed by atoms with Crippen molar-refractivity contribution < 1.29 is 16.8 Å². The Hall–Kier alpha value is -1.90. The predicted molar refractivity (Wildman–Crippen MR) is 109 cm³/mol. The molecule has 0 spiro atoms. The first-order chi connectivity index (χ1) is 12.2. The van der Waals surface area contributed by atoms with Crippen molar-refractivity contribution in [2.24, 2.45) is 5.14 Å². The van der Waals surface area contributed by atoms with Crippen molar-refractivity contribution in [2.45, 2.75) is 50.7 Å². The number of sulfonamides is 2. The van der Waals surface area contributed by atoms with Gasteiger partial charge >= 0.3 is 0 Å². The van der Waals surface area contributed by atoms with Gasteiger partial charge in [0.05, 0.1) is 10.6 Å². The fraction of sp³-hybridized carbons (Fsp3) is 0.368. The Morgan fingerprint density at radius 1 is 0.926 bits per heavy atom. The number of anilines is 1. The lowest BCUT2D eigenvalue weighted by Gasteiger charge is -2.22. The minimum atomic E-state index is -3.78. The average molecular weight is 411 g/mol. The van der Waals surface area contributed by atoms with Crippen LogP contribution in [-0.2, 0) is 31.2 Å². The van der Waals surface area contributed by atoms with E-state index < -0.39 is 20.0 Å². The van der Waals surface area contributed by atoms with Crippen molar-refractivity contribution in [2.75, 3.05) is 4.72 Å². The molecule has 2 aromatic carbocycles. The molecule has 148 valence electrons. The van der Waals surface area contributed by atoms with E-state index in [1.165, 1.54) is 24.3 Å². The molecule has 0 aliphatic carbocycles. The molecule has 0 aliphatic heterocycles. The van der Waals surface area contributed by atoms with Crippen molar-refractivity contribution in [1.29, 1.82) is 0 Å². The quantitative estimate of drug-likeness (QED) is 0.789. The molecule has 0 radical (unpaired) electrons. The van der Waals surface area contributed by atoms with Crippen molar-refractivity contribution in [3.63, 3.8) is 0 Å². The summed E-state index contributed by atoms with van der Waals surface area (Å²) in [4.78, 5) is 0.254. The second-order valence-corrected chi connectivity index (χ2v) is 11.0. The van der Waals surface area contributed by atoms with Crippen LogP contribution in [-0.4, -0.2) is 16.8 Å². The first-order valence-electron chi connectivity index (χ1n) is 8.43. The third-order valence-corrected chi connectivity index (χ3v) is 6.59. The van der Waals surface area contributed by atoms with Crippen LogP contribution in [0.4, 0.5) is 5.69 Å². The first-order valence-corrected chi connectivity index (χ1v) is 11.6. The smallest absolute Gasteiger partial charge is 0.262 e. The fourth-order valence-electron chi connectivity index (χ4n) is 2.91. The Bertz CT molecular complexity index is 1030. The zero-order chi connectivity index (χ0) is 20.6. The second kappa shape index (κ2) is 7.26. The highest BCUT2D eigenvalue weighted by molar-refractivity contribution is 7.92. The third-order valence-electron chi connectivity index (χ3n) is 4.17. The largest absolute Gasteiger partial charge is 0.280 e. The van der Waals surface area contributed by atoms with Crippen molar-refractivity contribution in [3.05, 3.63) is 58.7 Å². The van der Waals surface area contributed by atoms with Crippen molar-refractivity contribution >= 4 is 25.7 Å². The highest BCUT2D eigenvalue weighted by atomic mass is 32.2. The van der Waals surface area contributed by atoms with Crippen LogP contribution in [0.3, 0.4) is 0 Å². The van der Waals surface area contributed by atoms with E-state index in [9.17, 15) is 16.8 Å². The molecule has 0 aromatic heterocycles. The molecule has 0 bridgehead atoms.